The van der Waals surface area contributed by atoms with E-state index in [1.165, 1.54) is 0 Å². The third kappa shape index (κ3) is 1.37. The van der Waals surface area contributed by atoms with Gasteiger partial charge in [-0.1, -0.05) is 6.92 Å². The van der Waals surface area contributed by atoms with Crippen LogP contribution in [0.2, 0.25) is 0 Å². The molecular weight excluding hydrogens is 132 g/mol. The van der Waals surface area contributed by atoms with Gasteiger partial charge in [0, 0.05) is 6.54 Å². The van der Waals surface area contributed by atoms with Gasteiger partial charge in [0.1, 0.15) is 0 Å². The molecule has 56 valence electrons. The van der Waals surface area contributed by atoms with Crippen molar-refractivity contribution >= 4 is 11.6 Å². The van der Waals surface area contributed by atoms with Crippen LogP contribution in [-0.4, -0.2) is 16.9 Å². The lowest BCUT2D eigenvalue weighted by atomic mass is 10.5. The number of nitrogens with zero attached hydrogens (tertiary/aromatic N) is 2. The lowest BCUT2D eigenvalue weighted by Gasteiger charge is -1.96. The van der Waals surface area contributed by atoms with Crippen LogP contribution >= 0.6 is 0 Å². The van der Waals surface area contributed by atoms with Crippen molar-refractivity contribution in [3.63, 3.8) is 0 Å². The number of nitrogens with one attached hydrogen (secondary N) is 1. The van der Waals surface area contributed by atoms with E-state index in [1.54, 1.807) is 0 Å². The molecule has 1 aromatic rings. The van der Waals surface area contributed by atoms with E-state index < -0.39 is 0 Å². The van der Waals surface area contributed by atoms with Crippen LogP contribution in [0, 0.1) is 0 Å². The highest BCUT2D eigenvalue weighted by Gasteiger charge is 2.02. The standard InChI is InChI=1S/C5H10N4O/c1-2-3-7-5-4(6)8-10-9-5/h2-3H2,1H3,(H2,6,8)(H,7,9). The zero-order valence-electron chi connectivity index (χ0n) is 5.79. The fourth-order valence-electron chi connectivity index (χ4n) is 0.561. The first kappa shape index (κ1) is 6.85. The van der Waals surface area contributed by atoms with Crippen molar-refractivity contribution in [3.05, 3.63) is 0 Å². The number of aromatic nitrogens is 2. The van der Waals surface area contributed by atoms with Gasteiger partial charge in [-0.15, -0.1) is 0 Å². The molecule has 5 heteroatoms. The normalized spacial score (nSPS) is 9.70. The molecule has 1 rings (SSSR count). The van der Waals surface area contributed by atoms with E-state index >= 15 is 0 Å². The predicted molar refractivity (Wildman–Crippen MR) is 37.5 cm³/mol. The molecule has 0 amide bonds. The van der Waals surface area contributed by atoms with Gasteiger partial charge in [0.25, 0.3) is 0 Å². The fraction of sp³-hybridized carbons (Fsp3) is 0.600. The quantitative estimate of drug-likeness (QED) is 0.641. The SMILES string of the molecule is CCCNc1nonc1N. The maximum absolute atomic E-state index is 5.35. The second-order valence-corrected chi connectivity index (χ2v) is 1.92. The molecule has 0 aliphatic carbocycles. The summed E-state index contributed by atoms with van der Waals surface area (Å²) >= 11 is 0. The average Bonchev–Trinajstić information content (AvgIpc) is 2.31. The van der Waals surface area contributed by atoms with Crippen LogP contribution in [0.3, 0.4) is 0 Å². The topological polar surface area (TPSA) is 77.0 Å². The Labute approximate surface area is 58.6 Å². The summed E-state index contributed by atoms with van der Waals surface area (Å²) in [7, 11) is 0. The highest BCUT2D eigenvalue weighted by molar-refractivity contribution is 5.53. The van der Waals surface area contributed by atoms with Gasteiger partial charge in [0.15, 0.2) is 0 Å². The van der Waals surface area contributed by atoms with E-state index in [9.17, 15) is 0 Å². The van der Waals surface area contributed by atoms with Crippen molar-refractivity contribution in [3.8, 4) is 0 Å². The Morgan fingerprint density at radius 2 is 2.40 bits per heavy atom. The first-order valence-corrected chi connectivity index (χ1v) is 3.16. The Kier molecular flexibility index (Phi) is 2.09. The van der Waals surface area contributed by atoms with Crippen LogP contribution in [0.1, 0.15) is 13.3 Å². The van der Waals surface area contributed by atoms with Crippen LogP contribution < -0.4 is 11.1 Å². The zero-order valence-corrected chi connectivity index (χ0v) is 5.79. The van der Waals surface area contributed by atoms with Crippen LogP contribution in [-0.2, 0) is 0 Å². The van der Waals surface area contributed by atoms with E-state index in [2.05, 4.69) is 27.2 Å². The summed E-state index contributed by atoms with van der Waals surface area (Å²) in [6.45, 7) is 2.88. The van der Waals surface area contributed by atoms with Gasteiger partial charge in [-0.2, -0.15) is 0 Å². The molecule has 0 fully saturated rings. The number of rotatable bonds is 3. The molecule has 5 nitrogen and oxygen atoms in total. The highest BCUT2D eigenvalue weighted by Crippen LogP contribution is 2.09. The van der Waals surface area contributed by atoms with Gasteiger partial charge in [-0.05, 0) is 16.7 Å². The smallest absolute Gasteiger partial charge is 0.215 e. The van der Waals surface area contributed by atoms with Gasteiger partial charge < -0.3 is 11.1 Å². The van der Waals surface area contributed by atoms with Crippen molar-refractivity contribution in [1.82, 2.24) is 10.3 Å². The summed E-state index contributed by atoms with van der Waals surface area (Å²) < 4.78 is 4.35. The van der Waals surface area contributed by atoms with Gasteiger partial charge in [-0.25, -0.2) is 4.63 Å². The molecule has 0 saturated carbocycles. The van der Waals surface area contributed by atoms with Crippen molar-refractivity contribution < 1.29 is 4.63 Å². The summed E-state index contributed by atoms with van der Waals surface area (Å²) in [5.74, 6) is 0.843. The molecular formula is C5H10N4O. The molecule has 0 radical (unpaired) electrons. The highest BCUT2D eigenvalue weighted by atomic mass is 16.6. The van der Waals surface area contributed by atoms with Gasteiger partial charge in [0.2, 0.25) is 11.6 Å². The number of anilines is 2. The third-order valence-corrected chi connectivity index (χ3v) is 1.06. The molecule has 1 heterocycles. The first-order chi connectivity index (χ1) is 4.84. The Hall–Kier alpha value is -1.26. The van der Waals surface area contributed by atoms with Gasteiger partial charge in [-0.3, -0.25) is 0 Å². The maximum Gasteiger partial charge on any atom is 0.215 e. The molecule has 0 aromatic carbocycles. The molecule has 0 atom stereocenters. The van der Waals surface area contributed by atoms with Gasteiger partial charge >= 0.3 is 0 Å². The molecule has 0 spiro atoms. The molecule has 0 unspecified atom stereocenters. The zero-order chi connectivity index (χ0) is 7.40. The second-order valence-electron chi connectivity index (χ2n) is 1.92. The summed E-state index contributed by atoms with van der Waals surface area (Å²) in [5, 5.41) is 9.88. The summed E-state index contributed by atoms with van der Waals surface area (Å²) in [6.07, 6.45) is 1.02. The Morgan fingerprint density at radius 3 is 2.90 bits per heavy atom. The van der Waals surface area contributed by atoms with Crippen molar-refractivity contribution in [2.24, 2.45) is 0 Å². The van der Waals surface area contributed by atoms with Crippen LogP contribution in [0.15, 0.2) is 4.63 Å². The Balaban J connectivity index is 2.49. The number of nitrogen functional groups attached to an aromatic ring is 1. The Morgan fingerprint density at radius 1 is 1.60 bits per heavy atom. The molecule has 3 N–H and O–H groups in total. The van der Waals surface area contributed by atoms with Crippen LogP contribution in [0.25, 0.3) is 0 Å². The van der Waals surface area contributed by atoms with Crippen molar-refractivity contribution in [2.75, 3.05) is 17.6 Å². The van der Waals surface area contributed by atoms with Gasteiger partial charge in [0.05, 0.1) is 0 Å². The van der Waals surface area contributed by atoms with E-state index in [0.717, 1.165) is 13.0 Å². The first-order valence-electron chi connectivity index (χ1n) is 3.16. The minimum atomic E-state index is 0.313. The number of nitrogens with two attached hydrogens (primary N) is 1. The molecule has 0 aliphatic rings. The fourth-order valence-corrected chi connectivity index (χ4v) is 0.561. The van der Waals surface area contributed by atoms with E-state index in [4.69, 9.17) is 5.73 Å². The van der Waals surface area contributed by atoms with Crippen molar-refractivity contribution in [2.45, 2.75) is 13.3 Å². The minimum Gasteiger partial charge on any atom is -0.378 e. The maximum atomic E-state index is 5.35. The van der Waals surface area contributed by atoms with E-state index in [1.807, 2.05) is 0 Å². The second kappa shape index (κ2) is 3.05. The predicted octanol–water partition coefficient (Wildman–Crippen LogP) is 0.474. The minimum absolute atomic E-state index is 0.313. The summed E-state index contributed by atoms with van der Waals surface area (Å²) in [6, 6.07) is 0. The average molecular weight is 142 g/mol. The molecule has 0 bridgehead atoms. The third-order valence-electron chi connectivity index (χ3n) is 1.06. The molecule has 10 heavy (non-hydrogen) atoms. The number of hydrogen-bond acceptors (Lipinski definition) is 5. The summed E-state index contributed by atoms with van der Waals surface area (Å²) in [4.78, 5) is 0. The van der Waals surface area contributed by atoms with Crippen molar-refractivity contribution in [1.29, 1.82) is 0 Å². The van der Waals surface area contributed by atoms with E-state index in [-0.39, 0.29) is 0 Å². The molecule has 1 aromatic heterocycles. The summed E-state index contributed by atoms with van der Waals surface area (Å²) in [5.41, 5.74) is 5.35. The lowest BCUT2D eigenvalue weighted by Crippen LogP contribution is -2.02. The Bertz CT molecular complexity index is 197. The van der Waals surface area contributed by atoms with Crippen LogP contribution in [0.5, 0.6) is 0 Å². The monoisotopic (exact) mass is 142 g/mol. The van der Waals surface area contributed by atoms with E-state index in [0.29, 0.717) is 11.6 Å². The lowest BCUT2D eigenvalue weighted by molar-refractivity contribution is 0.310. The largest absolute Gasteiger partial charge is 0.378 e. The number of hydrogen-bond donors (Lipinski definition) is 2. The molecule has 0 aliphatic heterocycles. The molecule has 0 saturated heterocycles. The van der Waals surface area contributed by atoms with Crippen LogP contribution in [0.4, 0.5) is 11.6 Å².